The molecule has 0 N–H and O–H groups in total. The Morgan fingerprint density at radius 3 is 2.52 bits per heavy atom. The SMILES string of the molecule is CSc1ccc([C@H]2C(C(=O)OC(C)C)=C(C)N=c3s/c(=C\c4cn(Cc5ccc(C#N)cc5)c5ccccc45)c(=O)n32)cc1. The molecule has 220 valence electrons. The van der Waals surface area contributed by atoms with E-state index in [1.54, 1.807) is 23.3 Å². The van der Waals surface area contributed by atoms with Crippen LogP contribution in [0.25, 0.3) is 17.0 Å². The number of nitriles is 1. The molecule has 9 heteroatoms. The summed E-state index contributed by atoms with van der Waals surface area (Å²) in [6.45, 7) is 6.04. The number of ether oxygens (including phenoxy) is 1. The van der Waals surface area contributed by atoms with Crippen LogP contribution in [0.15, 0.2) is 105 Å². The molecule has 0 fully saturated rings. The van der Waals surface area contributed by atoms with Crippen LogP contribution in [0.3, 0.4) is 0 Å². The van der Waals surface area contributed by atoms with Gasteiger partial charge in [-0.05, 0) is 74.6 Å². The van der Waals surface area contributed by atoms with Gasteiger partial charge in [-0.3, -0.25) is 9.36 Å². The van der Waals surface area contributed by atoms with E-state index in [-0.39, 0.29) is 11.7 Å². The summed E-state index contributed by atoms with van der Waals surface area (Å²) in [4.78, 5) is 33.9. The van der Waals surface area contributed by atoms with Gasteiger partial charge in [0.1, 0.15) is 0 Å². The molecule has 0 saturated carbocycles. The highest BCUT2D eigenvalue weighted by Gasteiger charge is 2.33. The molecule has 0 bridgehead atoms. The van der Waals surface area contributed by atoms with Crippen LogP contribution in [0.1, 0.15) is 49.1 Å². The average Bonchev–Trinajstić information content (AvgIpc) is 3.52. The number of hydrogen-bond donors (Lipinski definition) is 0. The third-order valence-corrected chi connectivity index (χ3v) is 9.28. The number of carbonyl (C=O) groups is 1. The van der Waals surface area contributed by atoms with E-state index in [1.807, 2.05) is 92.9 Å². The zero-order chi connectivity index (χ0) is 31.0. The van der Waals surface area contributed by atoms with E-state index < -0.39 is 12.0 Å². The van der Waals surface area contributed by atoms with E-state index in [0.717, 1.165) is 32.5 Å². The summed E-state index contributed by atoms with van der Waals surface area (Å²) in [5, 5.41) is 10.2. The van der Waals surface area contributed by atoms with Crippen molar-refractivity contribution in [3.05, 3.63) is 132 Å². The number of thioether (sulfide) groups is 1. The monoisotopic (exact) mass is 618 g/mol. The molecule has 7 nitrogen and oxygen atoms in total. The van der Waals surface area contributed by atoms with Crippen LogP contribution in [-0.4, -0.2) is 27.5 Å². The smallest absolute Gasteiger partial charge is 0.338 e. The first kappa shape index (κ1) is 29.4. The fourth-order valence-corrected chi connectivity index (χ4v) is 6.95. The van der Waals surface area contributed by atoms with Gasteiger partial charge in [0.05, 0.1) is 39.6 Å². The van der Waals surface area contributed by atoms with Crippen LogP contribution in [0, 0.1) is 11.3 Å². The van der Waals surface area contributed by atoms with E-state index in [0.29, 0.717) is 32.7 Å². The second-order valence-corrected chi connectivity index (χ2v) is 12.7. The molecule has 1 aliphatic rings. The predicted molar refractivity (Wildman–Crippen MR) is 175 cm³/mol. The van der Waals surface area contributed by atoms with Crippen LogP contribution >= 0.6 is 23.1 Å². The number of nitrogens with zero attached hydrogens (tertiary/aromatic N) is 4. The maximum Gasteiger partial charge on any atom is 0.338 e. The zero-order valence-corrected chi connectivity index (χ0v) is 26.4. The van der Waals surface area contributed by atoms with Crippen molar-refractivity contribution in [2.45, 2.75) is 44.4 Å². The molecular weight excluding hydrogens is 589 g/mol. The first-order valence-corrected chi connectivity index (χ1v) is 16.3. The van der Waals surface area contributed by atoms with E-state index in [1.165, 1.54) is 11.3 Å². The normalized spacial score (nSPS) is 14.9. The maximum atomic E-state index is 14.2. The molecule has 1 atom stereocenters. The van der Waals surface area contributed by atoms with Crippen molar-refractivity contribution >= 4 is 46.0 Å². The Labute approximate surface area is 263 Å². The van der Waals surface area contributed by atoms with Gasteiger partial charge in [-0.2, -0.15) is 5.26 Å². The molecule has 5 aromatic rings. The fourth-order valence-electron chi connectivity index (χ4n) is 5.51. The van der Waals surface area contributed by atoms with Gasteiger partial charge in [0.25, 0.3) is 5.56 Å². The number of hydrogen-bond acceptors (Lipinski definition) is 7. The first-order chi connectivity index (χ1) is 21.3. The standard InChI is InChI=1S/C35H30N4O3S2/c1-21(2)42-34(41)31-22(3)37-35-39(32(31)25-13-15-27(43-4)16-14-25)33(40)30(44-35)17-26-20-38(29-8-6-5-7-28(26)29)19-24-11-9-23(18-36)10-12-24/h5-17,20-21,32H,19H2,1-4H3/b30-17-/t32-/m0/s1. The molecule has 0 radical (unpaired) electrons. The summed E-state index contributed by atoms with van der Waals surface area (Å²) in [6, 6.07) is 25.1. The third-order valence-electron chi connectivity index (χ3n) is 7.56. The molecule has 0 spiro atoms. The highest BCUT2D eigenvalue weighted by Crippen LogP contribution is 2.32. The van der Waals surface area contributed by atoms with Crippen molar-refractivity contribution in [3.8, 4) is 6.07 Å². The van der Waals surface area contributed by atoms with E-state index in [9.17, 15) is 9.59 Å². The number of rotatable bonds is 7. The number of allylic oxidation sites excluding steroid dienone is 1. The van der Waals surface area contributed by atoms with Crippen molar-refractivity contribution < 1.29 is 9.53 Å². The Morgan fingerprint density at radius 1 is 1.11 bits per heavy atom. The lowest BCUT2D eigenvalue weighted by molar-refractivity contribution is -0.143. The van der Waals surface area contributed by atoms with Gasteiger partial charge in [-0.1, -0.05) is 53.8 Å². The molecule has 6 rings (SSSR count). The van der Waals surface area contributed by atoms with Gasteiger partial charge < -0.3 is 9.30 Å². The minimum atomic E-state index is -0.659. The molecule has 3 aromatic carbocycles. The molecular formula is C35H30N4O3S2. The minimum absolute atomic E-state index is 0.209. The largest absolute Gasteiger partial charge is 0.459 e. The van der Waals surface area contributed by atoms with Crippen LogP contribution in [0.5, 0.6) is 0 Å². The lowest BCUT2D eigenvalue weighted by Gasteiger charge is -2.25. The van der Waals surface area contributed by atoms with Gasteiger partial charge in [0.2, 0.25) is 0 Å². The van der Waals surface area contributed by atoms with Crippen molar-refractivity contribution in [3.63, 3.8) is 0 Å². The average molecular weight is 619 g/mol. The molecule has 0 amide bonds. The summed E-state index contributed by atoms with van der Waals surface area (Å²) < 4.78 is 9.94. The summed E-state index contributed by atoms with van der Waals surface area (Å²) in [7, 11) is 0. The number of benzene rings is 3. The van der Waals surface area contributed by atoms with Gasteiger partial charge in [-0.15, -0.1) is 11.8 Å². The van der Waals surface area contributed by atoms with E-state index in [2.05, 4.69) is 22.9 Å². The van der Waals surface area contributed by atoms with Gasteiger partial charge in [0.15, 0.2) is 4.80 Å². The van der Waals surface area contributed by atoms with E-state index in [4.69, 9.17) is 15.0 Å². The molecule has 2 aromatic heterocycles. The van der Waals surface area contributed by atoms with Crippen molar-refractivity contribution in [1.29, 1.82) is 5.26 Å². The zero-order valence-electron chi connectivity index (χ0n) is 24.8. The van der Waals surface area contributed by atoms with Crippen molar-refractivity contribution in [2.24, 2.45) is 4.99 Å². The highest BCUT2D eigenvalue weighted by atomic mass is 32.2. The Bertz CT molecular complexity index is 2140. The maximum absolute atomic E-state index is 14.2. The molecule has 3 heterocycles. The summed E-state index contributed by atoms with van der Waals surface area (Å²) in [5.74, 6) is -0.472. The second-order valence-electron chi connectivity index (χ2n) is 10.8. The van der Waals surface area contributed by atoms with E-state index >= 15 is 0 Å². The van der Waals surface area contributed by atoms with Gasteiger partial charge in [-0.25, -0.2) is 9.79 Å². The van der Waals surface area contributed by atoms with Crippen LogP contribution in [-0.2, 0) is 16.1 Å². The van der Waals surface area contributed by atoms with Gasteiger partial charge in [0, 0.05) is 34.1 Å². The summed E-state index contributed by atoms with van der Waals surface area (Å²) in [5.41, 5.74) is 5.16. The molecule has 1 aliphatic heterocycles. The van der Waals surface area contributed by atoms with Crippen molar-refractivity contribution in [2.75, 3.05) is 6.26 Å². The topological polar surface area (TPSA) is 89.4 Å². The third kappa shape index (κ3) is 5.54. The Balaban J connectivity index is 1.49. The Kier molecular flexibility index (Phi) is 8.13. The Morgan fingerprint density at radius 2 is 1.84 bits per heavy atom. The van der Waals surface area contributed by atoms with Crippen LogP contribution in [0.2, 0.25) is 0 Å². The minimum Gasteiger partial charge on any atom is -0.459 e. The molecule has 0 unspecified atom stereocenters. The molecule has 44 heavy (non-hydrogen) atoms. The number of thiazole rings is 1. The summed E-state index contributed by atoms with van der Waals surface area (Å²) in [6.07, 6.45) is 5.67. The second kappa shape index (κ2) is 12.2. The number of esters is 1. The molecule has 0 aliphatic carbocycles. The fraction of sp³-hybridized carbons (Fsp3) is 0.200. The molecule has 0 saturated heterocycles. The number of fused-ring (bicyclic) bond motifs is 2. The lowest BCUT2D eigenvalue weighted by Crippen LogP contribution is -2.40. The summed E-state index contributed by atoms with van der Waals surface area (Å²) >= 11 is 2.95. The van der Waals surface area contributed by atoms with Gasteiger partial charge >= 0.3 is 5.97 Å². The first-order valence-electron chi connectivity index (χ1n) is 14.2. The highest BCUT2D eigenvalue weighted by molar-refractivity contribution is 7.98. The van der Waals surface area contributed by atoms with Crippen LogP contribution in [0.4, 0.5) is 0 Å². The Hall–Kier alpha value is -4.65. The van der Waals surface area contributed by atoms with Crippen molar-refractivity contribution in [1.82, 2.24) is 9.13 Å². The van der Waals surface area contributed by atoms with Crippen LogP contribution < -0.4 is 14.9 Å². The quantitative estimate of drug-likeness (QED) is 0.170. The number of para-hydroxylation sites is 1. The number of carbonyl (C=O) groups excluding carboxylic acids is 1. The number of aromatic nitrogens is 2. The lowest BCUT2D eigenvalue weighted by atomic mass is 9.96. The predicted octanol–water partition coefficient (Wildman–Crippen LogP) is 5.78.